The minimum absolute atomic E-state index is 0.0711. The Morgan fingerprint density at radius 1 is 1.17 bits per heavy atom. The number of nitrogens with zero attached hydrogens (tertiary/aromatic N) is 1. The van der Waals surface area contributed by atoms with E-state index in [1.807, 2.05) is 25.1 Å². The summed E-state index contributed by atoms with van der Waals surface area (Å²) >= 11 is 0. The molecule has 1 heterocycles. The second-order valence-electron chi connectivity index (χ2n) is 4.14. The third-order valence-corrected chi connectivity index (χ3v) is 2.83. The molecule has 3 N–H and O–H groups in total. The van der Waals surface area contributed by atoms with Crippen molar-refractivity contribution in [2.24, 2.45) is 0 Å². The van der Waals surface area contributed by atoms with Crippen LogP contribution in [0.1, 0.15) is 24.2 Å². The van der Waals surface area contributed by atoms with Crippen LogP contribution in [-0.4, -0.2) is 15.2 Å². The molecule has 94 valence electrons. The van der Waals surface area contributed by atoms with Gasteiger partial charge in [-0.3, -0.25) is 4.98 Å². The molecule has 0 saturated carbocycles. The molecule has 4 nitrogen and oxygen atoms in total. The number of pyridine rings is 1. The van der Waals surface area contributed by atoms with Crippen molar-refractivity contribution < 1.29 is 10.2 Å². The third kappa shape index (κ3) is 2.78. The van der Waals surface area contributed by atoms with Crippen molar-refractivity contribution in [2.75, 3.05) is 0 Å². The fourth-order valence-corrected chi connectivity index (χ4v) is 1.72. The molecule has 4 heteroatoms. The summed E-state index contributed by atoms with van der Waals surface area (Å²) in [5.41, 5.74) is 1.61. The van der Waals surface area contributed by atoms with Gasteiger partial charge in [0.15, 0.2) is 11.5 Å². The minimum atomic E-state index is -0.0974. The maximum Gasteiger partial charge on any atom is 0.161 e. The molecular formula is C14H16N2O2. The van der Waals surface area contributed by atoms with Crippen LogP contribution >= 0.6 is 0 Å². The van der Waals surface area contributed by atoms with Crippen molar-refractivity contribution in [3.8, 4) is 11.5 Å². The first-order chi connectivity index (χ1) is 8.68. The molecule has 0 saturated heterocycles. The quantitative estimate of drug-likeness (QED) is 0.722. The average molecular weight is 244 g/mol. The molecule has 0 aliphatic rings. The predicted molar refractivity (Wildman–Crippen MR) is 69.3 cm³/mol. The number of benzene rings is 1. The van der Waals surface area contributed by atoms with Crippen LogP contribution in [0.4, 0.5) is 0 Å². The molecule has 0 aliphatic heterocycles. The van der Waals surface area contributed by atoms with Crippen LogP contribution in [0.2, 0.25) is 0 Å². The lowest BCUT2D eigenvalue weighted by molar-refractivity contribution is 0.396. The number of aromatic hydroxyl groups is 2. The molecule has 0 spiro atoms. The summed E-state index contributed by atoms with van der Waals surface area (Å²) in [7, 11) is 0. The van der Waals surface area contributed by atoms with Crippen LogP contribution in [0, 0.1) is 0 Å². The van der Waals surface area contributed by atoms with E-state index in [-0.39, 0.29) is 17.5 Å². The molecule has 0 fully saturated rings. The summed E-state index contributed by atoms with van der Waals surface area (Å²) in [6.45, 7) is 2.47. The van der Waals surface area contributed by atoms with Gasteiger partial charge < -0.3 is 15.5 Å². The highest BCUT2D eigenvalue weighted by molar-refractivity contribution is 5.44. The van der Waals surface area contributed by atoms with E-state index in [1.54, 1.807) is 18.3 Å². The summed E-state index contributed by atoms with van der Waals surface area (Å²) in [5, 5.41) is 22.3. The van der Waals surface area contributed by atoms with Crippen LogP contribution in [0.15, 0.2) is 42.6 Å². The number of aromatic nitrogens is 1. The highest BCUT2D eigenvalue weighted by atomic mass is 16.3. The number of hydrogen-bond donors (Lipinski definition) is 3. The second-order valence-corrected chi connectivity index (χ2v) is 4.14. The van der Waals surface area contributed by atoms with Gasteiger partial charge in [0, 0.05) is 24.3 Å². The highest BCUT2D eigenvalue weighted by Gasteiger charge is 2.09. The zero-order valence-electron chi connectivity index (χ0n) is 10.2. The molecule has 18 heavy (non-hydrogen) atoms. The Morgan fingerprint density at radius 2 is 2.00 bits per heavy atom. The van der Waals surface area contributed by atoms with Gasteiger partial charge in [-0.1, -0.05) is 18.2 Å². The lowest BCUT2D eigenvalue weighted by Gasteiger charge is -2.14. The molecular weight excluding hydrogens is 228 g/mol. The van der Waals surface area contributed by atoms with Gasteiger partial charge in [-0.15, -0.1) is 0 Å². The van der Waals surface area contributed by atoms with E-state index < -0.39 is 0 Å². The Morgan fingerprint density at radius 3 is 2.72 bits per heavy atom. The van der Waals surface area contributed by atoms with Gasteiger partial charge in [-0.05, 0) is 25.1 Å². The lowest BCUT2D eigenvalue weighted by atomic mass is 10.1. The monoisotopic (exact) mass is 244 g/mol. The first kappa shape index (κ1) is 12.4. The number of nitrogens with one attached hydrogen (secondary N) is 1. The van der Waals surface area contributed by atoms with Crippen LogP contribution in [-0.2, 0) is 6.54 Å². The molecule has 1 aromatic heterocycles. The Kier molecular flexibility index (Phi) is 3.79. The topological polar surface area (TPSA) is 65.4 Å². The number of para-hydroxylation sites is 1. The normalized spacial score (nSPS) is 12.3. The van der Waals surface area contributed by atoms with Crippen LogP contribution in [0.3, 0.4) is 0 Å². The first-order valence-corrected chi connectivity index (χ1v) is 5.82. The molecule has 1 unspecified atom stereocenters. The molecule has 1 aromatic carbocycles. The Hall–Kier alpha value is -2.07. The van der Waals surface area contributed by atoms with Gasteiger partial charge in [-0.25, -0.2) is 0 Å². The van der Waals surface area contributed by atoms with Gasteiger partial charge in [0.25, 0.3) is 0 Å². The summed E-state index contributed by atoms with van der Waals surface area (Å²) in [5.74, 6) is -0.169. The van der Waals surface area contributed by atoms with E-state index in [1.165, 1.54) is 6.07 Å². The fourth-order valence-electron chi connectivity index (χ4n) is 1.72. The summed E-state index contributed by atoms with van der Waals surface area (Å²) in [4.78, 5) is 4.26. The smallest absolute Gasteiger partial charge is 0.161 e. The van der Waals surface area contributed by atoms with Gasteiger partial charge in [0.1, 0.15) is 0 Å². The van der Waals surface area contributed by atoms with Crippen molar-refractivity contribution in [3.63, 3.8) is 0 Å². The van der Waals surface area contributed by atoms with E-state index >= 15 is 0 Å². The summed E-state index contributed by atoms with van der Waals surface area (Å²) in [6.07, 6.45) is 1.75. The van der Waals surface area contributed by atoms with Gasteiger partial charge in [0.2, 0.25) is 0 Å². The Bertz CT molecular complexity index is 514. The van der Waals surface area contributed by atoms with Crippen molar-refractivity contribution in [1.29, 1.82) is 0 Å². The van der Waals surface area contributed by atoms with Crippen molar-refractivity contribution in [2.45, 2.75) is 19.5 Å². The highest BCUT2D eigenvalue weighted by Crippen LogP contribution is 2.28. The standard InChI is InChI=1S/C14H16N2O2/c1-10(12-6-2-3-8-15-12)16-9-11-5-4-7-13(17)14(11)18/h2-8,10,16-18H,9H2,1H3. The minimum Gasteiger partial charge on any atom is -0.504 e. The fraction of sp³-hybridized carbons (Fsp3) is 0.214. The number of phenolic OH excluding ortho intramolecular Hbond substituents is 2. The van der Waals surface area contributed by atoms with Gasteiger partial charge >= 0.3 is 0 Å². The van der Waals surface area contributed by atoms with E-state index in [0.717, 1.165) is 5.69 Å². The average Bonchev–Trinajstić information content (AvgIpc) is 2.41. The maximum atomic E-state index is 9.68. The summed E-state index contributed by atoms with van der Waals surface area (Å²) < 4.78 is 0. The van der Waals surface area contributed by atoms with Crippen LogP contribution < -0.4 is 5.32 Å². The van der Waals surface area contributed by atoms with Crippen LogP contribution in [0.25, 0.3) is 0 Å². The van der Waals surface area contributed by atoms with E-state index in [9.17, 15) is 10.2 Å². The van der Waals surface area contributed by atoms with E-state index in [4.69, 9.17) is 0 Å². The number of rotatable bonds is 4. The lowest BCUT2D eigenvalue weighted by Crippen LogP contribution is -2.19. The maximum absolute atomic E-state index is 9.68. The predicted octanol–water partition coefficient (Wildman–Crippen LogP) is 2.34. The number of hydrogen-bond acceptors (Lipinski definition) is 4. The van der Waals surface area contributed by atoms with Gasteiger partial charge in [-0.2, -0.15) is 0 Å². The van der Waals surface area contributed by atoms with Crippen molar-refractivity contribution >= 4 is 0 Å². The molecule has 1 atom stereocenters. The molecule has 0 aliphatic carbocycles. The Balaban J connectivity index is 2.02. The van der Waals surface area contributed by atoms with Crippen LogP contribution in [0.5, 0.6) is 11.5 Å². The van der Waals surface area contributed by atoms with E-state index in [0.29, 0.717) is 12.1 Å². The molecule has 0 bridgehead atoms. The molecule has 0 radical (unpaired) electrons. The van der Waals surface area contributed by atoms with Crippen molar-refractivity contribution in [1.82, 2.24) is 10.3 Å². The SMILES string of the molecule is CC(NCc1cccc(O)c1O)c1ccccn1. The molecule has 0 amide bonds. The first-order valence-electron chi connectivity index (χ1n) is 5.82. The zero-order valence-corrected chi connectivity index (χ0v) is 10.2. The summed E-state index contributed by atoms with van der Waals surface area (Å²) in [6, 6.07) is 10.8. The van der Waals surface area contributed by atoms with E-state index in [2.05, 4.69) is 10.3 Å². The number of phenols is 2. The third-order valence-electron chi connectivity index (χ3n) is 2.83. The zero-order chi connectivity index (χ0) is 13.0. The largest absolute Gasteiger partial charge is 0.504 e. The second kappa shape index (κ2) is 5.51. The molecule has 2 rings (SSSR count). The van der Waals surface area contributed by atoms with Gasteiger partial charge in [0.05, 0.1) is 5.69 Å². The Labute approximate surface area is 106 Å². The van der Waals surface area contributed by atoms with Crippen molar-refractivity contribution in [3.05, 3.63) is 53.9 Å². The molecule has 2 aromatic rings.